The number of rotatable bonds is 6. The first kappa shape index (κ1) is 23.9. The molecule has 12 nitrogen and oxygen atoms in total. The number of amides is 1. The van der Waals surface area contributed by atoms with Crippen molar-refractivity contribution in [2.24, 2.45) is 0 Å². The molecule has 2 aliphatic rings. The SMILES string of the molecule is O=C(N[C@@H]1O[C@H](CO)[C@H](O[C@H]2O[C@H](CO)[C@H](O)[C@H](O)[C@H]2O)[C@H](O)[C@H]1O)c1ccccc1. The van der Waals surface area contributed by atoms with Gasteiger partial charge >= 0.3 is 0 Å². The van der Waals surface area contributed by atoms with E-state index in [0.29, 0.717) is 0 Å². The fraction of sp³-hybridized carbons (Fsp3) is 0.632. The second-order valence-electron chi connectivity index (χ2n) is 7.40. The lowest BCUT2D eigenvalue weighted by Gasteiger charge is -2.46. The molecule has 12 heteroatoms. The zero-order chi connectivity index (χ0) is 22.7. The molecule has 8 N–H and O–H groups in total. The van der Waals surface area contributed by atoms with Crippen LogP contribution >= 0.6 is 0 Å². The van der Waals surface area contributed by atoms with Crippen molar-refractivity contribution in [3.05, 3.63) is 35.9 Å². The monoisotopic (exact) mass is 445 g/mol. The lowest BCUT2D eigenvalue weighted by Crippen LogP contribution is -2.66. The van der Waals surface area contributed by atoms with Gasteiger partial charge in [-0.3, -0.25) is 4.79 Å². The summed E-state index contributed by atoms with van der Waals surface area (Å²) in [6, 6.07) is 8.08. The molecule has 0 unspecified atom stereocenters. The number of aliphatic hydroxyl groups excluding tert-OH is 7. The van der Waals surface area contributed by atoms with E-state index in [4.69, 9.17) is 14.2 Å². The average molecular weight is 445 g/mol. The summed E-state index contributed by atoms with van der Waals surface area (Å²) in [4.78, 5) is 12.3. The van der Waals surface area contributed by atoms with Crippen LogP contribution in [0.15, 0.2) is 30.3 Å². The molecule has 31 heavy (non-hydrogen) atoms. The molecular weight excluding hydrogens is 418 g/mol. The van der Waals surface area contributed by atoms with E-state index in [1.165, 1.54) is 12.1 Å². The summed E-state index contributed by atoms with van der Waals surface area (Å²) in [7, 11) is 0. The maximum atomic E-state index is 12.3. The minimum atomic E-state index is -1.75. The minimum absolute atomic E-state index is 0.285. The molecule has 2 fully saturated rings. The maximum absolute atomic E-state index is 12.3. The molecule has 0 aromatic heterocycles. The highest BCUT2D eigenvalue weighted by molar-refractivity contribution is 5.94. The first-order chi connectivity index (χ1) is 14.8. The first-order valence-electron chi connectivity index (χ1n) is 9.72. The van der Waals surface area contributed by atoms with Crippen LogP contribution in [-0.4, -0.2) is 116 Å². The van der Waals surface area contributed by atoms with Crippen molar-refractivity contribution in [3.8, 4) is 0 Å². The summed E-state index contributed by atoms with van der Waals surface area (Å²) in [6.45, 7) is -1.38. The Hall–Kier alpha value is -1.71. The average Bonchev–Trinajstić information content (AvgIpc) is 2.79. The lowest BCUT2D eigenvalue weighted by atomic mass is 9.96. The van der Waals surface area contributed by atoms with Crippen molar-refractivity contribution in [2.45, 2.75) is 61.3 Å². The van der Waals surface area contributed by atoms with Gasteiger partial charge in [0.15, 0.2) is 12.5 Å². The Kier molecular flexibility index (Phi) is 7.93. The van der Waals surface area contributed by atoms with Crippen molar-refractivity contribution in [1.29, 1.82) is 0 Å². The highest BCUT2D eigenvalue weighted by atomic mass is 16.7. The highest BCUT2D eigenvalue weighted by Gasteiger charge is 2.50. The van der Waals surface area contributed by atoms with Crippen molar-refractivity contribution in [2.75, 3.05) is 13.2 Å². The third-order valence-electron chi connectivity index (χ3n) is 5.31. The van der Waals surface area contributed by atoms with Crippen LogP contribution in [0.25, 0.3) is 0 Å². The van der Waals surface area contributed by atoms with Gasteiger partial charge in [-0.05, 0) is 12.1 Å². The Morgan fingerprint density at radius 1 is 0.839 bits per heavy atom. The van der Waals surface area contributed by atoms with Gasteiger partial charge in [0.25, 0.3) is 5.91 Å². The van der Waals surface area contributed by atoms with E-state index >= 15 is 0 Å². The molecule has 0 saturated carbocycles. The van der Waals surface area contributed by atoms with Gasteiger partial charge in [0.1, 0.15) is 48.8 Å². The van der Waals surface area contributed by atoms with E-state index in [2.05, 4.69) is 5.32 Å². The highest BCUT2D eigenvalue weighted by Crippen LogP contribution is 2.28. The van der Waals surface area contributed by atoms with Crippen LogP contribution in [0.5, 0.6) is 0 Å². The molecule has 3 rings (SSSR count). The number of hydrogen-bond donors (Lipinski definition) is 8. The molecular formula is C19H27NO11. The van der Waals surface area contributed by atoms with Gasteiger partial charge in [0.05, 0.1) is 13.2 Å². The Labute approximate surface area is 177 Å². The third-order valence-corrected chi connectivity index (χ3v) is 5.31. The van der Waals surface area contributed by atoms with E-state index in [9.17, 15) is 40.5 Å². The summed E-state index contributed by atoms with van der Waals surface area (Å²) >= 11 is 0. The van der Waals surface area contributed by atoms with E-state index < -0.39 is 80.5 Å². The van der Waals surface area contributed by atoms with E-state index in [0.717, 1.165) is 0 Å². The molecule has 10 atom stereocenters. The number of aliphatic hydroxyl groups is 7. The van der Waals surface area contributed by atoms with Gasteiger partial charge in [-0.2, -0.15) is 0 Å². The summed E-state index contributed by atoms with van der Waals surface area (Å²) in [5.41, 5.74) is 0.285. The van der Waals surface area contributed by atoms with Gasteiger partial charge < -0.3 is 55.3 Å². The van der Waals surface area contributed by atoms with Crippen molar-refractivity contribution < 1.29 is 54.8 Å². The predicted molar refractivity (Wildman–Crippen MR) is 100 cm³/mol. The van der Waals surface area contributed by atoms with Gasteiger partial charge in [-0.15, -0.1) is 0 Å². The number of carbonyl (C=O) groups is 1. The number of hydrogen-bond acceptors (Lipinski definition) is 11. The Balaban J connectivity index is 1.70. The third kappa shape index (κ3) is 5.04. The molecule has 1 aromatic carbocycles. The number of nitrogens with one attached hydrogen (secondary N) is 1. The molecule has 0 spiro atoms. The van der Waals surface area contributed by atoms with Crippen molar-refractivity contribution in [1.82, 2.24) is 5.32 Å². The fourth-order valence-corrected chi connectivity index (χ4v) is 3.51. The molecule has 0 radical (unpaired) electrons. The molecule has 0 bridgehead atoms. The molecule has 2 heterocycles. The topological polar surface area (TPSA) is 198 Å². The normalized spacial score (nSPS) is 41.0. The lowest BCUT2D eigenvalue weighted by molar-refractivity contribution is -0.342. The summed E-state index contributed by atoms with van der Waals surface area (Å²) in [6.07, 6.45) is -15.4. The Morgan fingerprint density at radius 3 is 2.10 bits per heavy atom. The quantitative estimate of drug-likeness (QED) is 0.213. The second kappa shape index (κ2) is 10.3. The Bertz CT molecular complexity index is 718. The van der Waals surface area contributed by atoms with Crippen molar-refractivity contribution >= 4 is 5.91 Å². The molecule has 174 valence electrons. The molecule has 2 aliphatic heterocycles. The first-order valence-corrected chi connectivity index (χ1v) is 9.72. The van der Waals surface area contributed by atoms with Gasteiger partial charge in [0, 0.05) is 5.56 Å². The van der Waals surface area contributed by atoms with Crippen LogP contribution in [0.1, 0.15) is 10.4 Å². The predicted octanol–water partition coefficient (Wildman–Crippen LogP) is -3.96. The molecule has 1 amide bonds. The fourth-order valence-electron chi connectivity index (χ4n) is 3.51. The van der Waals surface area contributed by atoms with Crippen LogP contribution in [-0.2, 0) is 14.2 Å². The van der Waals surface area contributed by atoms with Crippen LogP contribution in [0.4, 0.5) is 0 Å². The summed E-state index contributed by atoms with van der Waals surface area (Å²) in [5.74, 6) is -0.582. The number of carbonyl (C=O) groups excluding carboxylic acids is 1. The number of ether oxygens (including phenoxy) is 3. The van der Waals surface area contributed by atoms with E-state index in [-0.39, 0.29) is 5.56 Å². The standard InChI is InChI=1S/C19H27NO11/c21-6-9-11(23)12(24)15(27)19(30-9)31-16-10(7-22)29-18(14(26)13(16)25)20-17(28)8-4-2-1-3-5-8/h1-5,9-16,18-19,21-27H,6-7H2,(H,20,28)/t9-,10-,11+,12+,13-,14-,15-,16+,18-,19-/m1/s1. The molecule has 2 saturated heterocycles. The second-order valence-corrected chi connectivity index (χ2v) is 7.40. The van der Waals surface area contributed by atoms with Gasteiger partial charge in [-0.1, -0.05) is 18.2 Å². The summed E-state index contributed by atoms with van der Waals surface area (Å²) in [5, 5.41) is 72.1. The smallest absolute Gasteiger partial charge is 0.253 e. The van der Waals surface area contributed by atoms with Crippen LogP contribution in [0.3, 0.4) is 0 Å². The van der Waals surface area contributed by atoms with Crippen LogP contribution < -0.4 is 5.32 Å². The number of benzene rings is 1. The van der Waals surface area contributed by atoms with Gasteiger partial charge in [-0.25, -0.2) is 0 Å². The summed E-state index contributed by atoms with van der Waals surface area (Å²) < 4.78 is 16.2. The minimum Gasteiger partial charge on any atom is -0.394 e. The Morgan fingerprint density at radius 2 is 1.48 bits per heavy atom. The zero-order valence-electron chi connectivity index (χ0n) is 16.3. The largest absolute Gasteiger partial charge is 0.394 e. The molecule has 0 aliphatic carbocycles. The van der Waals surface area contributed by atoms with E-state index in [1.807, 2.05) is 0 Å². The molecule has 1 aromatic rings. The maximum Gasteiger partial charge on any atom is 0.253 e. The van der Waals surface area contributed by atoms with E-state index in [1.54, 1.807) is 18.2 Å². The van der Waals surface area contributed by atoms with Crippen LogP contribution in [0.2, 0.25) is 0 Å². The zero-order valence-corrected chi connectivity index (χ0v) is 16.3. The van der Waals surface area contributed by atoms with Crippen LogP contribution in [0, 0.1) is 0 Å². The van der Waals surface area contributed by atoms with Crippen molar-refractivity contribution in [3.63, 3.8) is 0 Å². The van der Waals surface area contributed by atoms with Gasteiger partial charge in [0.2, 0.25) is 0 Å².